The molecule has 5 rings (SSSR count). The van der Waals surface area contributed by atoms with Crippen molar-refractivity contribution in [1.29, 1.82) is 0 Å². The number of nitrogens with one attached hydrogen (secondary N) is 1. The van der Waals surface area contributed by atoms with Crippen molar-refractivity contribution in [3.63, 3.8) is 0 Å². The van der Waals surface area contributed by atoms with Gasteiger partial charge in [0.05, 0.1) is 24.2 Å². The Hall–Kier alpha value is -0.760. The largest absolute Gasteiger partial charge is 0.366 e. The highest BCUT2D eigenvalue weighted by atomic mass is 32.1. The van der Waals surface area contributed by atoms with E-state index in [1.54, 1.807) is 22.7 Å². The fourth-order valence-electron chi connectivity index (χ4n) is 3.36. The average molecular weight is 306 g/mol. The van der Waals surface area contributed by atoms with Gasteiger partial charge in [-0.3, -0.25) is 10.2 Å². The van der Waals surface area contributed by atoms with Gasteiger partial charge in [-0.15, -0.1) is 22.7 Å². The first-order valence-corrected chi connectivity index (χ1v) is 8.54. The van der Waals surface area contributed by atoms with E-state index in [1.807, 2.05) is 0 Å². The van der Waals surface area contributed by atoms with Crippen LogP contribution in [0.4, 0.5) is 0 Å². The van der Waals surface area contributed by atoms with E-state index in [0.29, 0.717) is 18.1 Å². The fraction of sp³-hybridized carbons (Fsp3) is 0.429. The smallest absolute Gasteiger partial charge is 0.174 e. The lowest BCUT2D eigenvalue weighted by Gasteiger charge is -2.16. The number of ether oxygens (including phenoxy) is 1. The molecule has 0 spiro atoms. The molecule has 6 heteroatoms. The Morgan fingerprint density at radius 3 is 2.60 bits per heavy atom. The van der Waals surface area contributed by atoms with Crippen molar-refractivity contribution in [2.24, 2.45) is 0 Å². The number of rotatable bonds is 3. The molecule has 3 fully saturated rings. The molecule has 3 saturated heterocycles. The van der Waals surface area contributed by atoms with Crippen LogP contribution in [0.1, 0.15) is 21.8 Å². The SMILES string of the molecule is O[C@@H]1O[C@H]([C@H]2N[C@@H]2c2cccs2)N2[C@H]1[C@H]2c1cccs1. The zero-order chi connectivity index (χ0) is 13.3. The molecule has 0 amide bonds. The van der Waals surface area contributed by atoms with Gasteiger partial charge < -0.3 is 9.84 Å². The maximum Gasteiger partial charge on any atom is 0.174 e. The highest BCUT2D eigenvalue weighted by Crippen LogP contribution is 2.56. The molecule has 3 aliphatic rings. The summed E-state index contributed by atoms with van der Waals surface area (Å²) in [5, 5.41) is 17.8. The predicted molar refractivity (Wildman–Crippen MR) is 77.6 cm³/mol. The lowest BCUT2D eigenvalue weighted by molar-refractivity contribution is -0.117. The monoisotopic (exact) mass is 306 g/mol. The Balaban J connectivity index is 1.36. The van der Waals surface area contributed by atoms with Gasteiger partial charge in [-0.25, -0.2) is 0 Å². The van der Waals surface area contributed by atoms with E-state index in [1.165, 1.54) is 9.75 Å². The van der Waals surface area contributed by atoms with Crippen LogP contribution in [-0.4, -0.2) is 34.6 Å². The number of hydrogen-bond acceptors (Lipinski definition) is 6. The fourth-order valence-corrected chi connectivity index (χ4v) is 5.07. The number of thiophene rings is 2. The minimum absolute atomic E-state index is 0.00537. The van der Waals surface area contributed by atoms with Crippen molar-refractivity contribution >= 4 is 22.7 Å². The zero-order valence-corrected chi connectivity index (χ0v) is 12.2. The van der Waals surface area contributed by atoms with E-state index in [0.717, 1.165) is 0 Å². The van der Waals surface area contributed by atoms with Crippen molar-refractivity contribution in [2.45, 2.75) is 36.7 Å². The number of hydrogen-bond donors (Lipinski definition) is 2. The van der Waals surface area contributed by atoms with Crippen molar-refractivity contribution in [3.8, 4) is 0 Å². The van der Waals surface area contributed by atoms with E-state index >= 15 is 0 Å². The summed E-state index contributed by atoms with van der Waals surface area (Å²) < 4.78 is 5.73. The van der Waals surface area contributed by atoms with E-state index in [-0.39, 0.29) is 12.3 Å². The Morgan fingerprint density at radius 2 is 1.90 bits per heavy atom. The molecule has 104 valence electrons. The molecule has 2 N–H and O–H groups in total. The van der Waals surface area contributed by atoms with Gasteiger partial charge in [0.1, 0.15) is 6.23 Å². The molecule has 3 aliphatic heterocycles. The maximum absolute atomic E-state index is 10.1. The van der Waals surface area contributed by atoms with Gasteiger partial charge in [-0.2, -0.15) is 0 Å². The van der Waals surface area contributed by atoms with Gasteiger partial charge >= 0.3 is 0 Å². The van der Waals surface area contributed by atoms with Crippen LogP contribution in [0, 0.1) is 0 Å². The van der Waals surface area contributed by atoms with Crippen LogP contribution in [0.15, 0.2) is 35.0 Å². The van der Waals surface area contributed by atoms with E-state index in [9.17, 15) is 5.11 Å². The summed E-state index contributed by atoms with van der Waals surface area (Å²) in [6.45, 7) is 0. The molecular formula is C14H14N2O2S2. The summed E-state index contributed by atoms with van der Waals surface area (Å²) in [6, 6.07) is 9.63. The van der Waals surface area contributed by atoms with Gasteiger partial charge in [0.25, 0.3) is 0 Å². The Labute approximate surface area is 124 Å². The number of aliphatic hydroxyl groups is 1. The summed E-state index contributed by atoms with van der Waals surface area (Å²) in [7, 11) is 0. The van der Waals surface area contributed by atoms with Crippen molar-refractivity contribution in [2.75, 3.05) is 0 Å². The molecule has 5 heterocycles. The lowest BCUT2D eigenvalue weighted by atomic mass is 10.2. The molecule has 20 heavy (non-hydrogen) atoms. The van der Waals surface area contributed by atoms with Crippen LogP contribution >= 0.6 is 22.7 Å². The van der Waals surface area contributed by atoms with Crippen molar-refractivity contribution in [3.05, 3.63) is 44.8 Å². The van der Waals surface area contributed by atoms with Crippen molar-refractivity contribution in [1.82, 2.24) is 10.2 Å². The first kappa shape index (κ1) is 11.9. The summed E-state index contributed by atoms with van der Waals surface area (Å²) in [5.74, 6) is 0. The molecular weight excluding hydrogens is 292 g/mol. The van der Waals surface area contributed by atoms with Crippen molar-refractivity contribution < 1.29 is 9.84 Å². The normalized spacial score (nSPS) is 45.4. The molecule has 0 aliphatic carbocycles. The van der Waals surface area contributed by atoms with Crippen LogP contribution < -0.4 is 5.32 Å². The van der Waals surface area contributed by atoms with E-state index in [4.69, 9.17) is 4.74 Å². The molecule has 2 aromatic rings. The average Bonchev–Trinajstić information content (AvgIpc) is 3.14. The second-order valence-corrected chi connectivity index (χ2v) is 7.46. The minimum atomic E-state index is -0.654. The molecule has 0 radical (unpaired) electrons. The number of aliphatic hydroxyl groups excluding tert-OH is 1. The number of fused-ring (bicyclic) bond motifs is 1. The highest BCUT2D eigenvalue weighted by molar-refractivity contribution is 7.10. The maximum atomic E-state index is 10.1. The highest BCUT2D eigenvalue weighted by Gasteiger charge is 2.67. The lowest BCUT2D eigenvalue weighted by Crippen LogP contribution is -2.29. The third-order valence-corrected chi connectivity index (χ3v) is 6.28. The van der Waals surface area contributed by atoms with Crippen LogP contribution in [0.25, 0.3) is 0 Å². The Morgan fingerprint density at radius 1 is 1.15 bits per heavy atom. The van der Waals surface area contributed by atoms with E-state index in [2.05, 4.69) is 45.2 Å². The first-order chi connectivity index (χ1) is 9.84. The molecule has 0 aromatic carbocycles. The zero-order valence-electron chi connectivity index (χ0n) is 10.5. The molecule has 1 unspecified atom stereocenters. The molecule has 2 aromatic heterocycles. The molecule has 0 saturated carbocycles. The van der Waals surface area contributed by atoms with Gasteiger partial charge in [-0.1, -0.05) is 12.1 Å². The first-order valence-electron chi connectivity index (χ1n) is 6.78. The molecule has 7 atom stereocenters. The van der Waals surface area contributed by atoms with Crippen LogP contribution in [0.5, 0.6) is 0 Å². The Kier molecular flexibility index (Phi) is 2.45. The third kappa shape index (κ3) is 1.60. The second-order valence-electron chi connectivity index (χ2n) is 5.50. The van der Waals surface area contributed by atoms with Crippen LogP contribution in [0.3, 0.4) is 0 Å². The summed E-state index contributed by atoms with van der Waals surface area (Å²) in [5.41, 5.74) is 0. The summed E-state index contributed by atoms with van der Waals surface area (Å²) in [4.78, 5) is 4.99. The molecule has 0 bridgehead atoms. The Bertz CT molecular complexity index is 615. The van der Waals surface area contributed by atoms with Gasteiger partial charge in [-0.05, 0) is 22.9 Å². The topological polar surface area (TPSA) is 54.4 Å². The van der Waals surface area contributed by atoms with Gasteiger partial charge in [0, 0.05) is 9.75 Å². The summed E-state index contributed by atoms with van der Waals surface area (Å²) in [6.07, 6.45) is -0.660. The second kappa shape index (κ2) is 4.13. The third-order valence-electron chi connectivity index (χ3n) is 4.38. The van der Waals surface area contributed by atoms with E-state index < -0.39 is 6.29 Å². The minimum Gasteiger partial charge on any atom is -0.366 e. The standard InChI is InChI=1S/C14H14N2O2S2/c17-14-12-11(8-4-2-6-20-8)16(12)13(18-14)10-9(15-10)7-3-1-5-19-7/h1-6,9-15,17H/t9-,10+,11-,12+,13-,14-,16?/m1/s1. The predicted octanol–water partition coefficient (Wildman–Crippen LogP) is 1.92. The van der Waals surface area contributed by atoms with Gasteiger partial charge in [0.2, 0.25) is 0 Å². The van der Waals surface area contributed by atoms with Crippen LogP contribution in [-0.2, 0) is 4.74 Å². The summed E-state index contributed by atoms with van der Waals surface area (Å²) >= 11 is 3.53. The van der Waals surface area contributed by atoms with Crippen LogP contribution in [0.2, 0.25) is 0 Å². The molecule has 4 nitrogen and oxygen atoms in total. The quantitative estimate of drug-likeness (QED) is 0.851. The number of nitrogens with zero attached hydrogens (tertiary/aromatic N) is 1. The van der Waals surface area contributed by atoms with Gasteiger partial charge in [0.15, 0.2) is 6.29 Å².